The quantitative estimate of drug-likeness (QED) is 0.720. The third-order valence-corrected chi connectivity index (χ3v) is 4.05. The first-order valence-electron chi connectivity index (χ1n) is 8.54. The highest BCUT2D eigenvalue weighted by Crippen LogP contribution is 2.23. The topological polar surface area (TPSA) is 50.4 Å². The van der Waals surface area contributed by atoms with E-state index in [0.29, 0.717) is 19.2 Å². The second kappa shape index (κ2) is 9.34. The van der Waals surface area contributed by atoms with Crippen LogP contribution in [0, 0.1) is 0 Å². The molecule has 0 saturated heterocycles. The Balaban J connectivity index is 1.78. The van der Waals surface area contributed by atoms with E-state index in [1.165, 1.54) is 19.3 Å². The molecule has 1 saturated carbocycles. The molecule has 1 aromatic rings. The molecule has 1 aliphatic rings. The van der Waals surface area contributed by atoms with Crippen LogP contribution < -0.4 is 15.4 Å². The molecular weight excluding hydrogens is 276 g/mol. The Hall–Kier alpha value is -1.71. The van der Waals surface area contributed by atoms with Crippen molar-refractivity contribution in [3.8, 4) is 5.75 Å². The minimum Gasteiger partial charge on any atom is -0.491 e. The van der Waals surface area contributed by atoms with E-state index >= 15 is 0 Å². The summed E-state index contributed by atoms with van der Waals surface area (Å²) in [7, 11) is 0. The largest absolute Gasteiger partial charge is 0.491 e. The van der Waals surface area contributed by atoms with E-state index in [9.17, 15) is 4.79 Å². The number of hydrogen-bond donors (Lipinski definition) is 2. The van der Waals surface area contributed by atoms with Crippen LogP contribution in [0.15, 0.2) is 24.3 Å². The van der Waals surface area contributed by atoms with Crippen molar-refractivity contribution >= 4 is 11.6 Å². The predicted molar refractivity (Wildman–Crippen MR) is 90.4 cm³/mol. The summed E-state index contributed by atoms with van der Waals surface area (Å²) in [5, 5.41) is 6.31. The summed E-state index contributed by atoms with van der Waals surface area (Å²) in [5.41, 5.74) is 0.886. The number of anilines is 1. The van der Waals surface area contributed by atoms with E-state index in [1.807, 2.05) is 24.3 Å². The Labute approximate surface area is 133 Å². The maximum Gasteiger partial charge on any atom is 0.239 e. The van der Waals surface area contributed by atoms with Crippen molar-refractivity contribution in [3.63, 3.8) is 0 Å². The number of benzene rings is 1. The summed E-state index contributed by atoms with van der Waals surface area (Å²) in [6, 6.07) is 8.16. The summed E-state index contributed by atoms with van der Waals surface area (Å²) >= 11 is 0. The first-order valence-corrected chi connectivity index (χ1v) is 8.54. The lowest BCUT2D eigenvalue weighted by Crippen LogP contribution is -2.39. The Kier molecular flexibility index (Phi) is 7.07. The van der Waals surface area contributed by atoms with Gasteiger partial charge in [0.25, 0.3) is 0 Å². The van der Waals surface area contributed by atoms with Crippen LogP contribution >= 0.6 is 0 Å². The lowest BCUT2D eigenvalue weighted by molar-refractivity contribution is -0.120. The molecule has 1 fully saturated rings. The number of carbonyl (C=O) groups is 1. The SMILES string of the molecule is CCCCOc1ccccc1NCC(=O)NC1CCCCC1. The van der Waals surface area contributed by atoms with Gasteiger partial charge in [0, 0.05) is 6.04 Å². The smallest absolute Gasteiger partial charge is 0.239 e. The molecular formula is C18H28N2O2. The molecule has 0 heterocycles. The second-order valence-corrected chi connectivity index (χ2v) is 5.95. The van der Waals surface area contributed by atoms with Gasteiger partial charge < -0.3 is 15.4 Å². The van der Waals surface area contributed by atoms with Crippen molar-refractivity contribution in [2.75, 3.05) is 18.5 Å². The lowest BCUT2D eigenvalue weighted by atomic mass is 9.95. The highest BCUT2D eigenvalue weighted by molar-refractivity contribution is 5.81. The number of rotatable bonds is 8. The average molecular weight is 304 g/mol. The van der Waals surface area contributed by atoms with E-state index in [2.05, 4.69) is 17.6 Å². The molecule has 2 N–H and O–H groups in total. The van der Waals surface area contributed by atoms with Crippen molar-refractivity contribution in [2.24, 2.45) is 0 Å². The number of ether oxygens (including phenoxy) is 1. The molecule has 0 unspecified atom stereocenters. The van der Waals surface area contributed by atoms with Gasteiger partial charge in [0.05, 0.1) is 18.8 Å². The maximum absolute atomic E-state index is 12.0. The fourth-order valence-electron chi connectivity index (χ4n) is 2.77. The molecule has 0 aromatic heterocycles. The third-order valence-electron chi connectivity index (χ3n) is 4.05. The van der Waals surface area contributed by atoms with Gasteiger partial charge in [-0.2, -0.15) is 0 Å². The van der Waals surface area contributed by atoms with E-state index in [4.69, 9.17) is 4.74 Å². The summed E-state index contributed by atoms with van der Waals surface area (Å²) in [4.78, 5) is 12.0. The first-order chi connectivity index (χ1) is 10.8. The van der Waals surface area contributed by atoms with Crippen molar-refractivity contribution in [1.29, 1.82) is 0 Å². The minimum absolute atomic E-state index is 0.0651. The van der Waals surface area contributed by atoms with Gasteiger partial charge in [-0.1, -0.05) is 44.7 Å². The number of hydrogen-bond acceptors (Lipinski definition) is 3. The molecule has 1 aromatic carbocycles. The van der Waals surface area contributed by atoms with E-state index in [0.717, 1.165) is 37.1 Å². The predicted octanol–water partition coefficient (Wildman–Crippen LogP) is 3.73. The molecule has 1 amide bonds. The van der Waals surface area contributed by atoms with E-state index in [-0.39, 0.29) is 5.91 Å². The van der Waals surface area contributed by atoms with Gasteiger partial charge in [-0.3, -0.25) is 4.79 Å². The van der Waals surface area contributed by atoms with Gasteiger partial charge >= 0.3 is 0 Å². The Morgan fingerprint density at radius 2 is 2.00 bits per heavy atom. The molecule has 122 valence electrons. The van der Waals surface area contributed by atoms with Crippen LogP contribution in [0.2, 0.25) is 0 Å². The Morgan fingerprint density at radius 1 is 1.23 bits per heavy atom. The molecule has 0 spiro atoms. The lowest BCUT2D eigenvalue weighted by Gasteiger charge is -2.23. The summed E-state index contributed by atoms with van der Waals surface area (Å²) in [6.07, 6.45) is 8.13. The van der Waals surface area contributed by atoms with Crippen molar-refractivity contribution in [2.45, 2.75) is 57.9 Å². The highest BCUT2D eigenvalue weighted by Gasteiger charge is 2.15. The van der Waals surface area contributed by atoms with Crippen molar-refractivity contribution in [3.05, 3.63) is 24.3 Å². The Morgan fingerprint density at radius 3 is 2.77 bits per heavy atom. The van der Waals surface area contributed by atoms with Crippen LogP contribution in [-0.2, 0) is 4.79 Å². The van der Waals surface area contributed by atoms with Crippen LogP contribution in [0.3, 0.4) is 0 Å². The number of nitrogens with one attached hydrogen (secondary N) is 2. The molecule has 4 heteroatoms. The molecule has 4 nitrogen and oxygen atoms in total. The highest BCUT2D eigenvalue weighted by atomic mass is 16.5. The monoisotopic (exact) mass is 304 g/mol. The van der Waals surface area contributed by atoms with Crippen LogP contribution in [0.1, 0.15) is 51.9 Å². The van der Waals surface area contributed by atoms with Gasteiger partial charge in [0.1, 0.15) is 5.75 Å². The van der Waals surface area contributed by atoms with Crippen LogP contribution in [0.4, 0.5) is 5.69 Å². The first kappa shape index (κ1) is 16.7. The number of carbonyl (C=O) groups excluding carboxylic acids is 1. The Bertz CT molecular complexity index is 456. The van der Waals surface area contributed by atoms with Gasteiger partial charge in [-0.05, 0) is 31.4 Å². The van der Waals surface area contributed by atoms with Gasteiger partial charge in [0.15, 0.2) is 0 Å². The van der Waals surface area contributed by atoms with Crippen molar-refractivity contribution < 1.29 is 9.53 Å². The molecule has 0 aliphatic heterocycles. The maximum atomic E-state index is 12.0. The molecule has 1 aliphatic carbocycles. The molecule has 0 atom stereocenters. The standard InChI is InChI=1S/C18H28N2O2/c1-2-3-13-22-17-12-8-7-11-16(17)19-14-18(21)20-15-9-5-4-6-10-15/h7-8,11-12,15,19H,2-6,9-10,13-14H2,1H3,(H,20,21). The average Bonchev–Trinajstić information content (AvgIpc) is 2.55. The fourth-order valence-corrected chi connectivity index (χ4v) is 2.77. The third kappa shape index (κ3) is 5.58. The zero-order valence-electron chi connectivity index (χ0n) is 13.6. The molecule has 2 rings (SSSR count). The van der Waals surface area contributed by atoms with Crippen LogP contribution in [0.5, 0.6) is 5.75 Å². The summed E-state index contributed by atoms with van der Waals surface area (Å²) < 4.78 is 5.77. The molecule has 0 radical (unpaired) electrons. The van der Waals surface area contributed by atoms with Gasteiger partial charge in [-0.25, -0.2) is 0 Å². The molecule has 22 heavy (non-hydrogen) atoms. The summed E-state index contributed by atoms with van der Waals surface area (Å²) in [6.45, 7) is 3.15. The number of amides is 1. The van der Waals surface area contributed by atoms with E-state index in [1.54, 1.807) is 0 Å². The fraction of sp³-hybridized carbons (Fsp3) is 0.611. The van der Waals surface area contributed by atoms with Crippen LogP contribution in [0.25, 0.3) is 0 Å². The number of unbranched alkanes of at least 4 members (excludes halogenated alkanes) is 1. The van der Waals surface area contributed by atoms with Crippen LogP contribution in [-0.4, -0.2) is 25.1 Å². The van der Waals surface area contributed by atoms with Crippen molar-refractivity contribution in [1.82, 2.24) is 5.32 Å². The van der Waals surface area contributed by atoms with Gasteiger partial charge in [-0.15, -0.1) is 0 Å². The van der Waals surface area contributed by atoms with Gasteiger partial charge in [0.2, 0.25) is 5.91 Å². The normalized spacial score (nSPS) is 15.3. The zero-order valence-corrected chi connectivity index (χ0v) is 13.6. The molecule has 0 bridgehead atoms. The minimum atomic E-state index is 0.0651. The second-order valence-electron chi connectivity index (χ2n) is 5.95. The summed E-state index contributed by atoms with van der Waals surface area (Å²) in [5.74, 6) is 0.886. The zero-order chi connectivity index (χ0) is 15.6. The van der Waals surface area contributed by atoms with E-state index < -0.39 is 0 Å². The number of para-hydroxylation sites is 2.